The Labute approximate surface area is 155 Å². The van der Waals surface area contributed by atoms with Gasteiger partial charge in [0, 0.05) is 38.1 Å². The minimum Gasteiger partial charge on any atom is -0.352 e. The Hall–Kier alpha value is -1.79. The van der Waals surface area contributed by atoms with E-state index in [1.807, 2.05) is 9.80 Å². The van der Waals surface area contributed by atoms with Gasteiger partial charge in [-0.2, -0.15) is 0 Å². The molecule has 2 unspecified atom stereocenters. The zero-order valence-electron chi connectivity index (χ0n) is 15.6. The van der Waals surface area contributed by atoms with Crippen molar-refractivity contribution in [3.63, 3.8) is 0 Å². The first-order chi connectivity index (χ1) is 12.6. The van der Waals surface area contributed by atoms with Gasteiger partial charge in [-0.1, -0.05) is 25.7 Å². The normalized spacial score (nSPS) is 28.1. The summed E-state index contributed by atoms with van der Waals surface area (Å²) < 4.78 is 0. The SMILES string of the molecule is NC(=O)NCC1CCCCN1C(=O)C1CC(=O)N(C2CCCCCC2)C1. The van der Waals surface area contributed by atoms with Crippen LogP contribution in [0.2, 0.25) is 0 Å². The van der Waals surface area contributed by atoms with E-state index < -0.39 is 6.03 Å². The first-order valence-corrected chi connectivity index (χ1v) is 10.2. The number of carbonyl (C=O) groups excluding carboxylic acids is 3. The molecule has 1 saturated carbocycles. The van der Waals surface area contributed by atoms with Gasteiger partial charge in [0.25, 0.3) is 0 Å². The Balaban J connectivity index is 1.61. The lowest BCUT2D eigenvalue weighted by atomic mass is 9.98. The molecule has 3 rings (SSSR count). The number of carbonyl (C=O) groups is 3. The molecular weight excluding hydrogens is 332 g/mol. The van der Waals surface area contributed by atoms with E-state index in [0.717, 1.165) is 32.1 Å². The fourth-order valence-electron chi connectivity index (χ4n) is 4.78. The Kier molecular flexibility index (Phi) is 6.38. The van der Waals surface area contributed by atoms with Gasteiger partial charge in [0.2, 0.25) is 11.8 Å². The van der Waals surface area contributed by atoms with E-state index in [2.05, 4.69) is 5.32 Å². The van der Waals surface area contributed by atoms with Gasteiger partial charge in [0.05, 0.1) is 5.92 Å². The van der Waals surface area contributed by atoms with Crippen LogP contribution in [0.1, 0.15) is 64.2 Å². The summed E-state index contributed by atoms with van der Waals surface area (Å²) in [5.74, 6) is -0.0237. The largest absolute Gasteiger partial charge is 0.352 e. The van der Waals surface area contributed by atoms with Crippen molar-refractivity contribution in [2.75, 3.05) is 19.6 Å². The molecule has 0 aromatic rings. The Morgan fingerprint density at radius 1 is 1.04 bits per heavy atom. The molecule has 26 heavy (non-hydrogen) atoms. The lowest BCUT2D eigenvalue weighted by Gasteiger charge is -2.37. The topological polar surface area (TPSA) is 95.7 Å². The highest BCUT2D eigenvalue weighted by Gasteiger charge is 2.41. The monoisotopic (exact) mass is 364 g/mol. The van der Waals surface area contributed by atoms with E-state index in [9.17, 15) is 14.4 Å². The van der Waals surface area contributed by atoms with Crippen molar-refractivity contribution in [2.24, 2.45) is 11.7 Å². The van der Waals surface area contributed by atoms with Crippen LogP contribution in [0.5, 0.6) is 0 Å². The third kappa shape index (κ3) is 4.48. The van der Waals surface area contributed by atoms with E-state index in [4.69, 9.17) is 5.73 Å². The number of rotatable bonds is 4. The Morgan fingerprint density at radius 2 is 1.73 bits per heavy atom. The lowest BCUT2D eigenvalue weighted by Crippen LogP contribution is -2.52. The molecule has 0 aromatic carbocycles. The van der Waals surface area contributed by atoms with E-state index in [1.165, 1.54) is 25.7 Å². The van der Waals surface area contributed by atoms with Crippen LogP contribution >= 0.6 is 0 Å². The summed E-state index contributed by atoms with van der Waals surface area (Å²) >= 11 is 0. The van der Waals surface area contributed by atoms with Gasteiger partial charge in [0.1, 0.15) is 0 Å². The van der Waals surface area contributed by atoms with Crippen LogP contribution in [0.25, 0.3) is 0 Å². The van der Waals surface area contributed by atoms with Gasteiger partial charge in [-0.25, -0.2) is 4.79 Å². The molecule has 4 amide bonds. The highest BCUT2D eigenvalue weighted by Crippen LogP contribution is 2.30. The second-order valence-corrected chi connectivity index (χ2v) is 8.02. The molecule has 0 radical (unpaired) electrons. The first kappa shape index (κ1) is 19.0. The van der Waals surface area contributed by atoms with Crippen LogP contribution in [0.4, 0.5) is 4.79 Å². The zero-order chi connectivity index (χ0) is 18.5. The summed E-state index contributed by atoms with van der Waals surface area (Å²) in [6, 6.07) is -0.249. The van der Waals surface area contributed by atoms with Crippen LogP contribution in [-0.4, -0.2) is 59.4 Å². The predicted octanol–water partition coefficient (Wildman–Crippen LogP) is 1.61. The molecule has 2 heterocycles. The predicted molar refractivity (Wildman–Crippen MR) is 98.2 cm³/mol. The summed E-state index contributed by atoms with van der Waals surface area (Å²) in [5.41, 5.74) is 5.18. The van der Waals surface area contributed by atoms with Crippen molar-refractivity contribution in [3.05, 3.63) is 0 Å². The molecule has 0 aromatic heterocycles. The first-order valence-electron chi connectivity index (χ1n) is 10.2. The van der Waals surface area contributed by atoms with Crippen LogP contribution in [0.15, 0.2) is 0 Å². The number of nitrogens with two attached hydrogens (primary N) is 1. The molecule has 146 valence electrons. The zero-order valence-corrected chi connectivity index (χ0v) is 15.6. The summed E-state index contributed by atoms with van der Waals surface area (Å²) in [6.45, 7) is 1.67. The number of hydrogen-bond acceptors (Lipinski definition) is 3. The van der Waals surface area contributed by atoms with Gasteiger partial charge in [-0.15, -0.1) is 0 Å². The highest BCUT2D eigenvalue weighted by molar-refractivity contribution is 5.89. The third-order valence-electron chi connectivity index (χ3n) is 6.20. The fourth-order valence-corrected chi connectivity index (χ4v) is 4.78. The second kappa shape index (κ2) is 8.73. The number of primary amides is 1. The molecule has 2 saturated heterocycles. The summed E-state index contributed by atoms with van der Waals surface area (Å²) in [4.78, 5) is 40.5. The fraction of sp³-hybridized carbons (Fsp3) is 0.842. The molecule has 0 spiro atoms. The van der Waals surface area contributed by atoms with Crippen molar-refractivity contribution < 1.29 is 14.4 Å². The van der Waals surface area contributed by atoms with E-state index in [-0.39, 0.29) is 23.8 Å². The van der Waals surface area contributed by atoms with Crippen molar-refractivity contribution >= 4 is 17.8 Å². The average molecular weight is 364 g/mol. The summed E-state index contributed by atoms with van der Waals surface area (Å²) in [6.07, 6.45) is 10.2. The molecule has 3 aliphatic rings. The summed E-state index contributed by atoms with van der Waals surface area (Å²) in [7, 11) is 0. The molecule has 3 N–H and O–H groups in total. The van der Waals surface area contributed by atoms with E-state index in [0.29, 0.717) is 32.1 Å². The average Bonchev–Trinajstić information content (AvgIpc) is 2.84. The standard InChI is InChI=1S/C19H32N4O3/c20-19(26)21-12-16-9-5-6-10-22(16)18(25)14-11-17(24)23(13-14)15-7-3-1-2-4-8-15/h14-16H,1-13H2,(H3,20,21,26). The van der Waals surface area contributed by atoms with Gasteiger partial charge in [-0.3, -0.25) is 9.59 Å². The summed E-state index contributed by atoms with van der Waals surface area (Å²) in [5, 5.41) is 2.63. The smallest absolute Gasteiger partial charge is 0.312 e. The molecular formula is C19H32N4O3. The molecule has 3 fully saturated rings. The van der Waals surface area contributed by atoms with Crippen molar-refractivity contribution in [3.8, 4) is 0 Å². The molecule has 2 atom stereocenters. The van der Waals surface area contributed by atoms with Crippen molar-refractivity contribution in [1.82, 2.24) is 15.1 Å². The molecule has 1 aliphatic carbocycles. The molecule has 2 aliphatic heterocycles. The second-order valence-electron chi connectivity index (χ2n) is 8.02. The van der Waals surface area contributed by atoms with Crippen molar-refractivity contribution in [1.29, 1.82) is 0 Å². The van der Waals surface area contributed by atoms with Crippen LogP contribution in [0.3, 0.4) is 0 Å². The number of nitrogens with zero attached hydrogens (tertiary/aromatic N) is 2. The minimum absolute atomic E-state index is 0.00853. The van der Waals surface area contributed by atoms with Gasteiger partial charge >= 0.3 is 6.03 Å². The van der Waals surface area contributed by atoms with Crippen molar-refractivity contribution in [2.45, 2.75) is 76.3 Å². The molecule has 0 bridgehead atoms. The molecule has 7 heteroatoms. The minimum atomic E-state index is -0.557. The maximum atomic E-state index is 13.1. The van der Waals surface area contributed by atoms with Gasteiger partial charge < -0.3 is 20.9 Å². The maximum Gasteiger partial charge on any atom is 0.312 e. The third-order valence-corrected chi connectivity index (χ3v) is 6.20. The van der Waals surface area contributed by atoms with Crippen LogP contribution in [-0.2, 0) is 9.59 Å². The molecule has 7 nitrogen and oxygen atoms in total. The van der Waals surface area contributed by atoms with Gasteiger partial charge in [0.15, 0.2) is 0 Å². The highest BCUT2D eigenvalue weighted by atomic mass is 16.2. The Morgan fingerprint density at radius 3 is 2.42 bits per heavy atom. The van der Waals surface area contributed by atoms with E-state index in [1.54, 1.807) is 0 Å². The Bertz CT molecular complexity index is 531. The van der Waals surface area contributed by atoms with E-state index >= 15 is 0 Å². The number of hydrogen-bond donors (Lipinski definition) is 2. The quantitative estimate of drug-likeness (QED) is 0.742. The number of nitrogens with one attached hydrogen (secondary N) is 1. The number of amides is 4. The number of piperidine rings is 1. The van der Waals surface area contributed by atoms with Gasteiger partial charge in [-0.05, 0) is 32.1 Å². The maximum absolute atomic E-state index is 13.1. The van der Waals surface area contributed by atoms with Crippen LogP contribution < -0.4 is 11.1 Å². The lowest BCUT2D eigenvalue weighted by molar-refractivity contribution is -0.139. The number of likely N-dealkylation sites (tertiary alicyclic amines) is 2. The number of urea groups is 1. The van der Waals surface area contributed by atoms with Crippen LogP contribution in [0, 0.1) is 5.92 Å².